The van der Waals surface area contributed by atoms with E-state index in [-0.39, 0.29) is 11.9 Å². The van der Waals surface area contributed by atoms with Gasteiger partial charge in [-0.3, -0.25) is 0 Å². The quantitative estimate of drug-likeness (QED) is 0.802. The van der Waals surface area contributed by atoms with Crippen LogP contribution in [0.4, 0.5) is 4.39 Å². The van der Waals surface area contributed by atoms with Crippen LogP contribution in [0.3, 0.4) is 0 Å². The van der Waals surface area contributed by atoms with Crippen LogP contribution in [-0.2, 0) is 4.74 Å². The molecule has 0 heterocycles. The third kappa shape index (κ3) is 2.53. The van der Waals surface area contributed by atoms with E-state index in [0.29, 0.717) is 24.3 Å². The lowest BCUT2D eigenvalue weighted by Gasteiger charge is -2.13. The van der Waals surface area contributed by atoms with Crippen molar-refractivity contribution in [3.05, 3.63) is 35.1 Å². The number of halogens is 1. The lowest BCUT2D eigenvalue weighted by molar-refractivity contribution is 0.132. The second-order valence-electron chi connectivity index (χ2n) is 3.24. The van der Waals surface area contributed by atoms with E-state index in [0.717, 1.165) is 0 Å². The molecule has 0 bridgehead atoms. The van der Waals surface area contributed by atoms with Crippen LogP contribution >= 0.6 is 0 Å². The average molecular weight is 197 g/mol. The zero-order chi connectivity index (χ0) is 10.6. The Labute approximate surface area is 83.9 Å². The normalized spacial score (nSPS) is 12.9. The second kappa shape index (κ2) is 5.08. The minimum atomic E-state index is -0.380. The molecule has 0 aromatic heterocycles. The van der Waals surface area contributed by atoms with Gasteiger partial charge in [0.15, 0.2) is 0 Å². The van der Waals surface area contributed by atoms with Gasteiger partial charge in [-0.05, 0) is 19.4 Å². The van der Waals surface area contributed by atoms with Gasteiger partial charge in [0.1, 0.15) is 5.82 Å². The molecule has 0 amide bonds. The summed E-state index contributed by atoms with van der Waals surface area (Å²) in [6, 6.07) is 4.85. The maximum absolute atomic E-state index is 13.5. The number of benzene rings is 1. The van der Waals surface area contributed by atoms with Gasteiger partial charge < -0.3 is 10.5 Å². The molecule has 0 saturated heterocycles. The van der Waals surface area contributed by atoms with Gasteiger partial charge in [-0.2, -0.15) is 0 Å². The molecular formula is C11H16FNO. The standard InChI is InChI=1S/C11H16FNO/c1-3-14-7-10(13)9-6-4-5-8(2)11(9)12/h4-6,10H,3,7,13H2,1-2H3. The van der Waals surface area contributed by atoms with Crippen LogP contribution in [0.2, 0.25) is 0 Å². The first-order valence-electron chi connectivity index (χ1n) is 4.75. The summed E-state index contributed by atoms with van der Waals surface area (Å²) in [4.78, 5) is 0. The fraction of sp³-hybridized carbons (Fsp3) is 0.455. The molecule has 78 valence electrons. The summed E-state index contributed by atoms with van der Waals surface area (Å²) >= 11 is 0. The van der Waals surface area contributed by atoms with Gasteiger partial charge in [-0.1, -0.05) is 18.2 Å². The summed E-state index contributed by atoms with van der Waals surface area (Å²) in [5.41, 5.74) is 6.93. The Kier molecular flexibility index (Phi) is 4.04. The van der Waals surface area contributed by atoms with Gasteiger partial charge in [0.2, 0.25) is 0 Å². The molecule has 14 heavy (non-hydrogen) atoms. The van der Waals surface area contributed by atoms with Gasteiger partial charge in [0.05, 0.1) is 12.6 Å². The predicted molar refractivity (Wildman–Crippen MR) is 54.6 cm³/mol. The lowest BCUT2D eigenvalue weighted by Crippen LogP contribution is -2.18. The van der Waals surface area contributed by atoms with E-state index in [1.165, 1.54) is 0 Å². The molecule has 2 nitrogen and oxygen atoms in total. The van der Waals surface area contributed by atoms with Crippen LogP contribution in [0.25, 0.3) is 0 Å². The van der Waals surface area contributed by atoms with Crippen LogP contribution in [0.5, 0.6) is 0 Å². The highest BCUT2D eigenvalue weighted by Crippen LogP contribution is 2.17. The third-order valence-electron chi connectivity index (χ3n) is 2.12. The summed E-state index contributed by atoms with van der Waals surface area (Å²) in [7, 11) is 0. The highest BCUT2D eigenvalue weighted by Gasteiger charge is 2.12. The first-order chi connectivity index (χ1) is 6.66. The fourth-order valence-corrected chi connectivity index (χ4v) is 1.29. The van der Waals surface area contributed by atoms with Crippen molar-refractivity contribution in [1.29, 1.82) is 0 Å². The molecule has 0 aliphatic heterocycles. The van der Waals surface area contributed by atoms with Crippen LogP contribution in [0.15, 0.2) is 18.2 Å². The maximum atomic E-state index is 13.5. The monoisotopic (exact) mass is 197 g/mol. The number of aryl methyl sites for hydroxylation is 1. The minimum Gasteiger partial charge on any atom is -0.380 e. The Morgan fingerprint density at radius 2 is 2.21 bits per heavy atom. The molecule has 0 saturated carbocycles. The van der Waals surface area contributed by atoms with Crippen LogP contribution in [0.1, 0.15) is 24.1 Å². The largest absolute Gasteiger partial charge is 0.380 e. The van der Waals surface area contributed by atoms with Crippen molar-refractivity contribution >= 4 is 0 Å². The summed E-state index contributed by atoms with van der Waals surface area (Å²) in [5, 5.41) is 0. The lowest BCUT2D eigenvalue weighted by atomic mass is 10.0. The molecule has 0 aliphatic rings. The van der Waals surface area contributed by atoms with E-state index < -0.39 is 0 Å². The Bertz CT molecular complexity index is 301. The van der Waals surface area contributed by atoms with Gasteiger partial charge >= 0.3 is 0 Å². The Hall–Kier alpha value is -0.930. The zero-order valence-electron chi connectivity index (χ0n) is 8.59. The Morgan fingerprint density at radius 1 is 1.50 bits per heavy atom. The highest BCUT2D eigenvalue weighted by atomic mass is 19.1. The molecular weight excluding hydrogens is 181 g/mol. The van der Waals surface area contributed by atoms with Crippen molar-refractivity contribution in [3.63, 3.8) is 0 Å². The first-order valence-corrected chi connectivity index (χ1v) is 4.75. The van der Waals surface area contributed by atoms with Crippen LogP contribution < -0.4 is 5.73 Å². The van der Waals surface area contributed by atoms with Gasteiger partial charge in [-0.15, -0.1) is 0 Å². The zero-order valence-corrected chi connectivity index (χ0v) is 8.59. The predicted octanol–water partition coefficient (Wildman–Crippen LogP) is 2.17. The van der Waals surface area contributed by atoms with Crippen LogP contribution in [-0.4, -0.2) is 13.2 Å². The van der Waals surface area contributed by atoms with Gasteiger partial charge in [-0.25, -0.2) is 4.39 Å². The molecule has 1 aromatic rings. The third-order valence-corrected chi connectivity index (χ3v) is 2.12. The molecule has 0 aliphatic carbocycles. The molecule has 0 fully saturated rings. The van der Waals surface area contributed by atoms with Crippen molar-refractivity contribution in [2.45, 2.75) is 19.9 Å². The van der Waals surface area contributed by atoms with E-state index in [1.54, 1.807) is 25.1 Å². The van der Waals surface area contributed by atoms with Crippen molar-refractivity contribution in [2.24, 2.45) is 5.73 Å². The fourth-order valence-electron chi connectivity index (χ4n) is 1.29. The average Bonchev–Trinajstić information content (AvgIpc) is 2.18. The maximum Gasteiger partial charge on any atom is 0.130 e. The Morgan fingerprint density at radius 3 is 2.86 bits per heavy atom. The second-order valence-corrected chi connectivity index (χ2v) is 3.24. The van der Waals surface area contributed by atoms with E-state index in [9.17, 15) is 4.39 Å². The number of ether oxygens (including phenoxy) is 1. The number of hydrogen-bond donors (Lipinski definition) is 1. The molecule has 1 aromatic carbocycles. The summed E-state index contributed by atoms with van der Waals surface area (Å²) in [6.45, 7) is 4.57. The highest BCUT2D eigenvalue weighted by molar-refractivity contribution is 5.27. The van der Waals surface area contributed by atoms with Crippen molar-refractivity contribution < 1.29 is 9.13 Å². The van der Waals surface area contributed by atoms with E-state index in [4.69, 9.17) is 10.5 Å². The minimum absolute atomic E-state index is 0.222. The van der Waals surface area contributed by atoms with Gasteiger partial charge in [0.25, 0.3) is 0 Å². The molecule has 1 rings (SSSR count). The van der Waals surface area contributed by atoms with Crippen LogP contribution in [0, 0.1) is 12.7 Å². The molecule has 1 unspecified atom stereocenters. The van der Waals surface area contributed by atoms with E-state index in [2.05, 4.69) is 0 Å². The Balaban J connectivity index is 2.79. The topological polar surface area (TPSA) is 35.2 Å². The van der Waals surface area contributed by atoms with Crippen molar-refractivity contribution in [2.75, 3.05) is 13.2 Å². The number of hydrogen-bond acceptors (Lipinski definition) is 2. The molecule has 2 N–H and O–H groups in total. The van der Waals surface area contributed by atoms with Gasteiger partial charge in [0, 0.05) is 12.2 Å². The smallest absolute Gasteiger partial charge is 0.130 e. The SMILES string of the molecule is CCOCC(N)c1cccc(C)c1F. The van der Waals surface area contributed by atoms with Crippen molar-refractivity contribution in [3.8, 4) is 0 Å². The molecule has 1 atom stereocenters. The molecule has 0 radical (unpaired) electrons. The summed E-state index contributed by atoms with van der Waals surface area (Å²) in [5.74, 6) is -0.222. The first kappa shape index (κ1) is 11.1. The summed E-state index contributed by atoms with van der Waals surface area (Å²) in [6.07, 6.45) is 0. The molecule has 0 spiro atoms. The number of rotatable bonds is 4. The van der Waals surface area contributed by atoms with E-state index >= 15 is 0 Å². The number of nitrogens with two attached hydrogens (primary N) is 1. The summed E-state index contributed by atoms with van der Waals surface area (Å²) < 4.78 is 18.7. The molecule has 3 heteroatoms. The van der Waals surface area contributed by atoms with Crippen molar-refractivity contribution in [1.82, 2.24) is 0 Å². The van der Waals surface area contributed by atoms with E-state index in [1.807, 2.05) is 6.92 Å².